The summed E-state index contributed by atoms with van der Waals surface area (Å²) in [5.41, 5.74) is -0.249. The van der Waals surface area contributed by atoms with E-state index in [1.807, 2.05) is 13.8 Å². The average molecular weight is 131 g/mol. The van der Waals surface area contributed by atoms with Gasteiger partial charge in [0, 0.05) is 13.5 Å². The van der Waals surface area contributed by atoms with Gasteiger partial charge in [-0.2, -0.15) is 0 Å². The monoisotopic (exact) mass is 131 g/mol. The van der Waals surface area contributed by atoms with Crippen molar-refractivity contribution >= 4 is 0 Å². The van der Waals surface area contributed by atoms with Gasteiger partial charge in [-0.3, -0.25) is 0 Å². The summed E-state index contributed by atoms with van der Waals surface area (Å²) >= 11 is 0. The molecule has 0 spiro atoms. The van der Waals surface area contributed by atoms with Gasteiger partial charge in [-0.15, -0.1) is 0 Å². The molecule has 0 aliphatic carbocycles. The van der Waals surface area contributed by atoms with E-state index in [2.05, 4.69) is 0 Å². The molecule has 0 aromatic carbocycles. The first-order chi connectivity index (χ1) is 3.98. The summed E-state index contributed by atoms with van der Waals surface area (Å²) in [4.78, 5) is 0. The fourth-order valence-corrected chi connectivity index (χ4v) is 0.776. The summed E-state index contributed by atoms with van der Waals surface area (Å²) in [5, 5.41) is 10.6. The molecule has 2 nitrogen and oxygen atoms in total. The Bertz CT molecular complexity index is 77.0. The minimum atomic E-state index is -0.528. The molecule has 2 heteroatoms. The van der Waals surface area contributed by atoms with E-state index in [4.69, 9.17) is 4.74 Å². The molecule has 9 heavy (non-hydrogen) atoms. The lowest BCUT2D eigenvalue weighted by molar-refractivity contribution is -0.0319. The fourth-order valence-electron chi connectivity index (χ4n) is 0.776. The van der Waals surface area contributed by atoms with E-state index in [0.717, 1.165) is 0 Å². The Hall–Kier alpha value is -0.0800. The van der Waals surface area contributed by atoms with Crippen LogP contribution in [-0.4, -0.2) is 18.8 Å². The maximum atomic E-state index is 10.6. The lowest BCUT2D eigenvalue weighted by atomic mass is 10.0. The Labute approximate surface area is 56.8 Å². The van der Waals surface area contributed by atoms with E-state index in [-0.39, 0.29) is 5.60 Å². The van der Waals surface area contributed by atoms with Gasteiger partial charge in [0.15, 0.2) is 0 Å². The van der Waals surface area contributed by atoms with Crippen LogP contribution < -0.4 is 0 Å². The zero-order valence-electron chi connectivity index (χ0n) is 6.60. The molecule has 1 atom stereocenters. The van der Waals surface area contributed by atoms with Crippen LogP contribution in [0.15, 0.2) is 0 Å². The highest BCUT2D eigenvalue weighted by Gasteiger charge is 2.19. The van der Waals surface area contributed by atoms with Crippen LogP contribution >= 0.6 is 0 Å². The first-order valence-corrected chi connectivity index (χ1v) is 3.19. The third-order valence-corrected chi connectivity index (χ3v) is 1.33. The second-order valence-electron chi connectivity index (χ2n) is 2.98. The molecule has 0 aliphatic rings. The number of methoxy groups -OCH3 is 1. The van der Waals surface area contributed by atoms with Crippen molar-refractivity contribution in [2.24, 2.45) is 0 Å². The molecule has 0 fully saturated rings. The van der Waals surface area contributed by atoms with E-state index >= 15 is 0 Å². The van der Waals surface area contributed by atoms with Gasteiger partial charge in [0.05, 0.1) is 11.7 Å². The Morgan fingerprint density at radius 3 is 2.11 bits per heavy atom. The number of ether oxygens (including phenoxy) is 1. The van der Waals surface area contributed by atoms with Gasteiger partial charge in [-0.1, -0.05) is 0 Å². The zero-order valence-corrected chi connectivity index (χ0v) is 6.60. The molecule has 0 aromatic rings. The third-order valence-electron chi connectivity index (χ3n) is 1.33. The smallest absolute Gasteiger partial charge is 0.0929 e. The normalized spacial score (nSPS) is 15.7. The quantitative estimate of drug-likeness (QED) is 0.572. The van der Waals surface area contributed by atoms with E-state index in [0.29, 0.717) is 6.42 Å². The molecule has 0 aromatic heterocycles. The summed E-state index contributed by atoms with van der Waals surface area (Å²) in [6.07, 6.45) is 0.0451. The van der Waals surface area contributed by atoms with Gasteiger partial charge in [0.25, 0.3) is 0 Å². The van der Waals surface area contributed by atoms with Gasteiger partial charge in [-0.25, -0.2) is 5.11 Å². The molecular formula is C7H15O2. The maximum Gasteiger partial charge on any atom is 0.0929 e. The summed E-state index contributed by atoms with van der Waals surface area (Å²) in [6, 6.07) is 0. The minimum absolute atomic E-state index is 0.249. The molecule has 0 bridgehead atoms. The predicted octanol–water partition coefficient (Wildman–Crippen LogP) is 1.62. The van der Waals surface area contributed by atoms with Crippen molar-refractivity contribution in [2.75, 3.05) is 7.11 Å². The Kier molecular flexibility index (Phi) is 3.15. The van der Waals surface area contributed by atoms with Crippen LogP contribution in [0.25, 0.3) is 0 Å². The molecular weight excluding hydrogens is 116 g/mol. The van der Waals surface area contributed by atoms with E-state index in [1.165, 1.54) is 0 Å². The number of hydrogen-bond acceptors (Lipinski definition) is 1. The Morgan fingerprint density at radius 2 is 2.00 bits per heavy atom. The SMILES string of the molecule is COC(C)(C)CC(C)[O]. The van der Waals surface area contributed by atoms with Crippen LogP contribution in [0.5, 0.6) is 0 Å². The van der Waals surface area contributed by atoms with Crippen molar-refractivity contribution in [2.45, 2.75) is 38.9 Å². The Morgan fingerprint density at radius 1 is 1.56 bits per heavy atom. The Balaban J connectivity index is 3.58. The second-order valence-corrected chi connectivity index (χ2v) is 2.98. The average Bonchev–Trinajstić information content (AvgIpc) is 1.63. The summed E-state index contributed by atoms with van der Waals surface area (Å²) < 4.78 is 5.05. The van der Waals surface area contributed by atoms with Crippen molar-refractivity contribution in [1.29, 1.82) is 0 Å². The van der Waals surface area contributed by atoms with Gasteiger partial charge in [0.1, 0.15) is 0 Å². The molecule has 0 saturated heterocycles. The molecule has 0 saturated carbocycles. The first kappa shape index (κ1) is 8.92. The van der Waals surface area contributed by atoms with Crippen LogP contribution in [0.4, 0.5) is 0 Å². The number of rotatable bonds is 3. The minimum Gasteiger partial charge on any atom is -0.379 e. The predicted molar refractivity (Wildman–Crippen MR) is 35.9 cm³/mol. The molecule has 1 radical (unpaired) electrons. The topological polar surface area (TPSA) is 29.1 Å². The van der Waals surface area contributed by atoms with E-state index < -0.39 is 6.10 Å². The lowest BCUT2D eigenvalue weighted by Crippen LogP contribution is -2.26. The number of hydrogen-bond donors (Lipinski definition) is 0. The van der Waals surface area contributed by atoms with Crippen LogP contribution in [0.2, 0.25) is 0 Å². The van der Waals surface area contributed by atoms with Crippen LogP contribution in [0.1, 0.15) is 27.2 Å². The standard InChI is InChI=1S/C7H15O2/c1-6(8)5-7(2,3)9-4/h6H,5H2,1-4H3. The van der Waals surface area contributed by atoms with Gasteiger partial charge in [-0.05, 0) is 20.8 Å². The molecule has 0 aliphatic heterocycles. The highest BCUT2D eigenvalue weighted by Crippen LogP contribution is 2.14. The first-order valence-electron chi connectivity index (χ1n) is 3.19. The summed E-state index contributed by atoms with van der Waals surface area (Å²) in [5.74, 6) is 0. The van der Waals surface area contributed by atoms with E-state index in [9.17, 15) is 5.11 Å². The second kappa shape index (κ2) is 3.18. The van der Waals surface area contributed by atoms with Crippen molar-refractivity contribution in [3.8, 4) is 0 Å². The molecule has 0 heterocycles. The molecule has 0 N–H and O–H groups in total. The van der Waals surface area contributed by atoms with Gasteiger partial charge in [0.2, 0.25) is 0 Å². The van der Waals surface area contributed by atoms with Crippen molar-refractivity contribution in [3.05, 3.63) is 0 Å². The lowest BCUT2D eigenvalue weighted by Gasteiger charge is -2.23. The van der Waals surface area contributed by atoms with Crippen LogP contribution in [0.3, 0.4) is 0 Å². The van der Waals surface area contributed by atoms with Crippen molar-refractivity contribution in [1.82, 2.24) is 0 Å². The van der Waals surface area contributed by atoms with Crippen LogP contribution in [-0.2, 0) is 9.84 Å². The highest BCUT2D eigenvalue weighted by molar-refractivity contribution is 4.69. The van der Waals surface area contributed by atoms with E-state index in [1.54, 1.807) is 14.0 Å². The van der Waals surface area contributed by atoms with Gasteiger partial charge >= 0.3 is 0 Å². The fraction of sp³-hybridized carbons (Fsp3) is 1.00. The van der Waals surface area contributed by atoms with Crippen LogP contribution in [0, 0.1) is 0 Å². The highest BCUT2D eigenvalue weighted by atomic mass is 16.5. The summed E-state index contributed by atoms with van der Waals surface area (Å²) in [6.45, 7) is 5.49. The summed E-state index contributed by atoms with van der Waals surface area (Å²) in [7, 11) is 1.63. The molecule has 1 unspecified atom stereocenters. The van der Waals surface area contributed by atoms with Gasteiger partial charge < -0.3 is 4.74 Å². The third kappa shape index (κ3) is 4.43. The largest absolute Gasteiger partial charge is 0.379 e. The molecule has 0 rings (SSSR count). The molecule has 0 amide bonds. The zero-order chi connectivity index (χ0) is 7.49. The van der Waals surface area contributed by atoms with Crippen molar-refractivity contribution in [3.63, 3.8) is 0 Å². The molecule has 55 valence electrons. The van der Waals surface area contributed by atoms with Crippen molar-refractivity contribution < 1.29 is 9.84 Å². The maximum absolute atomic E-state index is 10.6.